The number of carbonyl (C=O) groups excluding carboxylic acids is 2. The molecule has 1 aromatic carbocycles. The van der Waals surface area contributed by atoms with E-state index in [2.05, 4.69) is 5.32 Å². The standard InChI is InChI=1S/C13H14N2O3/c16-11-3-1-2-9-8(11)6-7-15(9)10-4-5-12(17)14-13(10)18/h1-3,10,16H,4-7H2,(H,14,17,18). The normalized spacial score (nSPS) is 22.9. The molecule has 94 valence electrons. The van der Waals surface area contributed by atoms with Crippen molar-refractivity contribution in [2.24, 2.45) is 0 Å². The van der Waals surface area contributed by atoms with Crippen LogP contribution in [0.25, 0.3) is 0 Å². The maximum absolute atomic E-state index is 11.9. The summed E-state index contributed by atoms with van der Waals surface area (Å²) in [5, 5.41) is 12.1. The fourth-order valence-electron chi connectivity index (χ4n) is 2.74. The molecular formula is C13H14N2O3. The molecule has 2 N–H and O–H groups in total. The number of hydrogen-bond acceptors (Lipinski definition) is 4. The third-order valence-electron chi connectivity index (χ3n) is 3.63. The number of imide groups is 1. The Morgan fingerprint density at radius 2 is 2.11 bits per heavy atom. The summed E-state index contributed by atoms with van der Waals surface area (Å²) in [7, 11) is 0. The first kappa shape index (κ1) is 11.1. The Morgan fingerprint density at radius 1 is 1.28 bits per heavy atom. The zero-order valence-electron chi connectivity index (χ0n) is 9.85. The maximum Gasteiger partial charge on any atom is 0.249 e. The van der Waals surface area contributed by atoms with Gasteiger partial charge >= 0.3 is 0 Å². The van der Waals surface area contributed by atoms with Gasteiger partial charge in [0.2, 0.25) is 11.8 Å². The number of hydrogen-bond donors (Lipinski definition) is 2. The van der Waals surface area contributed by atoms with E-state index in [1.807, 2.05) is 11.0 Å². The van der Waals surface area contributed by atoms with Crippen molar-refractivity contribution >= 4 is 17.5 Å². The van der Waals surface area contributed by atoms with Crippen LogP contribution in [0.15, 0.2) is 18.2 Å². The number of anilines is 1. The molecule has 2 heterocycles. The minimum Gasteiger partial charge on any atom is -0.508 e. The lowest BCUT2D eigenvalue weighted by Gasteiger charge is -2.31. The van der Waals surface area contributed by atoms with E-state index in [-0.39, 0.29) is 23.6 Å². The highest BCUT2D eigenvalue weighted by molar-refractivity contribution is 6.02. The Balaban J connectivity index is 1.90. The molecule has 2 aliphatic heterocycles. The van der Waals surface area contributed by atoms with Crippen molar-refractivity contribution in [3.05, 3.63) is 23.8 Å². The largest absolute Gasteiger partial charge is 0.508 e. The average Bonchev–Trinajstić information content (AvgIpc) is 2.74. The minimum absolute atomic E-state index is 0.202. The predicted octanol–water partition coefficient (Wildman–Crippen LogP) is 0.560. The van der Waals surface area contributed by atoms with Gasteiger partial charge in [-0.15, -0.1) is 0 Å². The van der Waals surface area contributed by atoms with Crippen molar-refractivity contribution in [3.63, 3.8) is 0 Å². The first-order valence-electron chi connectivity index (χ1n) is 6.08. The van der Waals surface area contributed by atoms with Gasteiger partial charge in [-0.05, 0) is 25.0 Å². The first-order chi connectivity index (χ1) is 8.66. The molecule has 1 aromatic rings. The molecule has 3 rings (SSSR count). The van der Waals surface area contributed by atoms with Gasteiger partial charge in [0.15, 0.2) is 0 Å². The number of amides is 2. The Kier molecular flexibility index (Phi) is 2.47. The number of fused-ring (bicyclic) bond motifs is 1. The van der Waals surface area contributed by atoms with E-state index >= 15 is 0 Å². The summed E-state index contributed by atoms with van der Waals surface area (Å²) in [5.41, 5.74) is 1.80. The second-order valence-corrected chi connectivity index (χ2v) is 4.69. The number of benzene rings is 1. The third kappa shape index (κ3) is 1.63. The molecule has 0 aliphatic carbocycles. The van der Waals surface area contributed by atoms with Crippen LogP contribution in [0.3, 0.4) is 0 Å². The van der Waals surface area contributed by atoms with Gasteiger partial charge in [0, 0.05) is 24.2 Å². The zero-order valence-corrected chi connectivity index (χ0v) is 9.85. The smallest absolute Gasteiger partial charge is 0.249 e. The topological polar surface area (TPSA) is 69.6 Å². The van der Waals surface area contributed by atoms with Crippen molar-refractivity contribution in [2.45, 2.75) is 25.3 Å². The van der Waals surface area contributed by atoms with Crippen LogP contribution in [0.4, 0.5) is 5.69 Å². The molecule has 18 heavy (non-hydrogen) atoms. The van der Waals surface area contributed by atoms with Crippen LogP contribution >= 0.6 is 0 Å². The van der Waals surface area contributed by atoms with Crippen LogP contribution in [0.5, 0.6) is 5.75 Å². The fraction of sp³-hybridized carbons (Fsp3) is 0.385. The van der Waals surface area contributed by atoms with E-state index in [1.165, 1.54) is 0 Å². The maximum atomic E-state index is 11.9. The molecule has 0 radical (unpaired) electrons. The third-order valence-corrected chi connectivity index (χ3v) is 3.63. The highest BCUT2D eigenvalue weighted by Gasteiger charge is 2.35. The zero-order chi connectivity index (χ0) is 12.7. The molecule has 5 heteroatoms. The number of rotatable bonds is 1. The number of phenols is 1. The molecule has 1 fully saturated rings. The van der Waals surface area contributed by atoms with E-state index in [4.69, 9.17) is 0 Å². The van der Waals surface area contributed by atoms with Crippen LogP contribution in [0, 0.1) is 0 Å². The van der Waals surface area contributed by atoms with Crippen molar-refractivity contribution in [1.82, 2.24) is 5.32 Å². The van der Waals surface area contributed by atoms with Crippen LogP contribution in [-0.2, 0) is 16.0 Å². The summed E-state index contributed by atoms with van der Waals surface area (Å²) in [6.07, 6.45) is 1.65. The van der Waals surface area contributed by atoms with Crippen molar-refractivity contribution in [1.29, 1.82) is 0 Å². The minimum atomic E-state index is -0.300. The predicted molar refractivity (Wildman–Crippen MR) is 65.3 cm³/mol. The quantitative estimate of drug-likeness (QED) is 0.710. The second-order valence-electron chi connectivity index (χ2n) is 4.69. The number of piperidine rings is 1. The van der Waals surface area contributed by atoms with Gasteiger partial charge < -0.3 is 10.0 Å². The molecular weight excluding hydrogens is 232 g/mol. The summed E-state index contributed by atoms with van der Waals surface area (Å²) in [6.45, 7) is 0.708. The van der Waals surface area contributed by atoms with E-state index in [0.29, 0.717) is 19.4 Å². The summed E-state index contributed by atoms with van der Waals surface area (Å²) in [5.74, 6) is -0.156. The highest BCUT2D eigenvalue weighted by atomic mass is 16.3. The highest BCUT2D eigenvalue weighted by Crippen LogP contribution is 2.36. The van der Waals surface area contributed by atoms with Crippen LogP contribution < -0.4 is 10.2 Å². The van der Waals surface area contributed by atoms with Crippen LogP contribution in [0.1, 0.15) is 18.4 Å². The molecule has 0 aromatic heterocycles. The monoisotopic (exact) mass is 246 g/mol. The Hall–Kier alpha value is -2.04. The number of nitrogens with zero attached hydrogens (tertiary/aromatic N) is 1. The van der Waals surface area contributed by atoms with Crippen LogP contribution in [-0.4, -0.2) is 29.5 Å². The second kappa shape index (κ2) is 4.01. The molecule has 5 nitrogen and oxygen atoms in total. The molecule has 1 atom stereocenters. The fourth-order valence-corrected chi connectivity index (χ4v) is 2.74. The molecule has 0 bridgehead atoms. The van der Waals surface area contributed by atoms with Gasteiger partial charge in [-0.25, -0.2) is 0 Å². The van der Waals surface area contributed by atoms with Gasteiger partial charge in [-0.3, -0.25) is 14.9 Å². The molecule has 2 amide bonds. The van der Waals surface area contributed by atoms with E-state index < -0.39 is 0 Å². The summed E-state index contributed by atoms with van der Waals surface area (Å²) >= 11 is 0. The van der Waals surface area contributed by atoms with Gasteiger partial charge in [0.1, 0.15) is 11.8 Å². The molecule has 1 saturated heterocycles. The SMILES string of the molecule is O=C1CCC(N2CCc3c(O)cccc32)C(=O)N1. The summed E-state index contributed by atoms with van der Waals surface area (Å²) < 4.78 is 0. The summed E-state index contributed by atoms with van der Waals surface area (Å²) in [4.78, 5) is 25.0. The lowest BCUT2D eigenvalue weighted by molar-refractivity contribution is -0.134. The number of carbonyl (C=O) groups is 2. The Bertz CT molecular complexity index is 527. The molecule has 2 aliphatic rings. The van der Waals surface area contributed by atoms with E-state index in [1.54, 1.807) is 12.1 Å². The van der Waals surface area contributed by atoms with Gasteiger partial charge in [-0.2, -0.15) is 0 Å². The number of aromatic hydroxyl groups is 1. The van der Waals surface area contributed by atoms with Gasteiger partial charge in [0.25, 0.3) is 0 Å². The molecule has 0 spiro atoms. The Labute approximate surface area is 104 Å². The van der Waals surface area contributed by atoms with Gasteiger partial charge in [-0.1, -0.05) is 6.07 Å². The van der Waals surface area contributed by atoms with E-state index in [0.717, 1.165) is 17.7 Å². The van der Waals surface area contributed by atoms with Crippen molar-refractivity contribution < 1.29 is 14.7 Å². The van der Waals surface area contributed by atoms with Gasteiger partial charge in [0.05, 0.1) is 0 Å². The molecule has 1 unspecified atom stereocenters. The average molecular weight is 246 g/mol. The lowest BCUT2D eigenvalue weighted by Crippen LogP contribution is -2.52. The Morgan fingerprint density at radius 3 is 2.89 bits per heavy atom. The van der Waals surface area contributed by atoms with Crippen LogP contribution in [0.2, 0.25) is 0 Å². The lowest BCUT2D eigenvalue weighted by atomic mass is 10.0. The number of nitrogens with one attached hydrogen (secondary N) is 1. The van der Waals surface area contributed by atoms with Crippen molar-refractivity contribution in [3.8, 4) is 5.75 Å². The molecule has 0 saturated carbocycles. The first-order valence-corrected chi connectivity index (χ1v) is 6.08. The number of phenolic OH excluding ortho intramolecular Hbond substituents is 1. The summed E-state index contributed by atoms with van der Waals surface area (Å²) in [6, 6.07) is 5.04. The van der Waals surface area contributed by atoms with Crippen molar-refractivity contribution in [2.75, 3.05) is 11.4 Å². The van der Waals surface area contributed by atoms with E-state index in [9.17, 15) is 14.7 Å².